The molecule has 0 atom stereocenters. The van der Waals surface area contributed by atoms with E-state index in [1.807, 2.05) is 0 Å². The molecule has 1 heterocycles. The van der Waals surface area contributed by atoms with Gasteiger partial charge in [-0.15, -0.1) is 0 Å². The number of aromatic amines is 1. The SMILES string of the molecule is N#Cc1nc(C(F)(F)F)[nH]c1C#N.[NaH].[NaH]. The Morgan fingerprint density at radius 3 is 1.93 bits per heavy atom. The average molecular weight is 234 g/mol. The number of nitriles is 2. The summed E-state index contributed by atoms with van der Waals surface area (Å²) < 4.78 is 35.8. The van der Waals surface area contributed by atoms with Crippen LogP contribution in [0.15, 0.2) is 0 Å². The van der Waals surface area contributed by atoms with Gasteiger partial charge in [-0.25, -0.2) is 4.98 Å². The molecule has 0 unspecified atom stereocenters. The zero-order valence-corrected chi connectivity index (χ0v) is 5.98. The second kappa shape index (κ2) is 6.54. The summed E-state index contributed by atoms with van der Waals surface area (Å²) >= 11 is 0. The quantitative estimate of drug-likeness (QED) is 0.635. The molecule has 15 heavy (non-hydrogen) atoms. The molecule has 4 nitrogen and oxygen atoms in total. The Hall–Kier alpha value is -0.0200. The molecular formula is C6H3F3N4Na2. The van der Waals surface area contributed by atoms with Gasteiger partial charge in [0, 0.05) is 0 Å². The summed E-state index contributed by atoms with van der Waals surface area (Å²) in [7, 11) is 0. The Balaban J connectivity index is 0. The zero-order chi connectivity index (χ0) is 10.1. The minimum absolute atomic E-state index is 0. The van der Waals surface area contributed by atoms with Crippen LogP contribution in [0.1, 0.15) is 17.2 Å². The number of alkyl halides is 3. The van der Waals surface area contributed by atoms with E-state index in [1.165, 1.54) is 12.1 Å². The van der Waals surface area contributed by atoms with E-state index in [0.717, 1.165) is 0 Å². The molecule has 0 saturated carbocycles. The molecule has 9 heteroatoms. The summed E-state index contributed by atoms with van der Waals surface area (Å²) in [5.41, 5.74) is -1.02. The van der Waals surface area contributed by atoms with Crippen molar-refractivity contribution in [2.24, 2.45) is 0 Å². The molecular weight excluding hydrogens is 231 g/mol. The summed E-state index contributed by atoms with van der Waals surface area (Å²) in [6.07, 6.45) is -4.67. The molecule has 0 aliphatic rings. The molecule has 0 spiro atoms. The van der Waals surface area contributed by atoms with E-state index in [-0.39, 0.29) is 59.1 Å². The van der Waals surface area contributed by atoms with E-state index in [9.17, 15) is 13.2 Å². The predicted octanol–water partition coefficient (Wildman–Crippen LogP) is -0.125. The summed E-state index contributed by atoms with van der Waals surface area (Å²) in [5, 5.41) is 16.6. The number of nitrogens with zero attached hydrogens (tertiary/aromatic N) is 3. The first kappa shape index (κ1) is 17.4. The van der Waals surface area contributed by atoms with E-state index in [0.29, 0.717) is 0 Å². The van der Waals surface area contributed by atoms with Gasteiger partial charge in [-0.3, -0.25) is 0 Å². The molecule has 0 aromatic carbocycles. The number of halogens is 3. The summed E-state index contributed by atoms with van der Waals surface area (Å²) in [4.78, 5) is 4.61. The molecule has 70 valence electrons. The van der Waals surface area contributed by atoms with Crippen molar-refractivity contribution in [2.75, 3.05) is 0 Å². The van der Waals surface area contributed by atoms with Gasteiger partial charge in [-0.1, -0.05) is 0 Å². The Labute approximate surface area is 127 Å². The van der Waals surface area contributed by atoms with Gasteiger partial charge in [0.2, 0.25) is 5.82 Å². The maximum atomic E-state index is 11.9. The third-order valence-electron chi connectivity index (χ3n) is 1.19. The molecule has 0 fully saturated rings. The van der Waals surface area contributed by atoms with Gasteiger partial charge in [0.1, 0.15) is 12.1 Å². The van der Waals surface area contributed by atoms with Crippen molar-refractivity contribution in [3.05, 3.63) is 17.2 Å². The Morgan fingerprint density at radius 1 is 1.13 bits per heavy atom. The summed E-state index contributed by atoms with van der Waals surface area (Å²) in [5.74, 6) is -1.33. The number of rotatable bonds is 0. The third-order valence-corrected chi connectivity index (χ3v) is 1.19. The van der Waals surface area contributed by atoms with E-state index >= 15 is 0 Å². The van der Waals surface area contributed by atoms with Crippen molar-refractivity contribution in [3.63, 3.8) is 0 Å². The van der Waals surface area contributed by atoms with Crippen LogP contribution in [-0.4, -0.2) is 69.1 Å². The normalized spacial score (nSPS) is 9.13. The van der Waals surface area contributed by atoms with Crippen molar-refractivity contribution in [3.8, 4) is 12.1 Å². The molecule has 0 bridgehead atoms. The van der Waals surface area contributed by atoms with Crippen LogP contribution < -0.4 is 0 Å². The second-order valence-corrected chi connectivity index (χ2v) is 2.03. The first-order chi connectivity index (χ1) is 5.99. The topological polar surface area (TPSA) is 76.3 Å². The second-order valence-electron chi connectivity index (χ2n) is 2.03. The van der Waals surface area contributed by atoms with Gasteiger partial charge < -0.3 is 4.98 Å². The number of hydrogen-bond acceptors (Lipinski definition) is 3. The molecule has 0 amide bonds. The van der Waals surface area contributed by atoms with Gasteiger partial charge >= 0.3 is 65.3 Å². The molecule has 1 N–H and O–H groups in total. The number of imidazole rings is 1. The number of aromatic nitrogens is 2. The number of nitrogens with one attached hydrogen (secondary N) is 1. The third kappa shape index (κ3) is 4.15. The predicted molar refractivity (Wildman–Crippen MR) is 47.3 cm³/mol. The first-order valence-corrected chi connectivity index (χ1v) is 2.96. The Morgan fingerprint density at radius 2 is 1.67 bits per heavy atom. The average Bonchev–Trinajstić information content (AvgIpc) is 2.45. The van der Waals surface area contributed by atoms with Crippen LogP contribution in [0.2, 0.25) is 0 Å². The van der Waals surface area contributed by atoms with Crippen LogP contribution in [0, 0.1) is 22.7 Å². The fraction of sp³-hybridized carbons (Fsp3) is 0.167. The van der Waals surface area contributed by atoms with Crippen LogP contribution in [0.3, 0.4) is 0 Å². The molecule has 0 saturated heterocycles. The fourth-order valence-corrected chi connectivity index (χ4v) is 0.669. The Kier molecular flexibility index (Phi) is 7.57. The van der Waals surface area contributed by atoms with Crippen molar-refractivity contribution in [2.45, 2.75) is 6.18 Å². The fourth-order valence-electron chi connectivity index (χ4n) is 0.669. The molecule has 0 aliphatic carbocycles. The van der Waals surface area contributed by atoms with Crippen LogP contribution in [0.5, 0.6) is 0 Å². The van der Waals surface area contributed by atoms with Crippen molar-refractivity contribution >= 4 is 59.1 Å². The van der Waals surface area contributed by atoms with Crippen molar-refractivity contribution < 1.29 is 13.2 Å². The van der Waals surface area contributed by atoms with Crippen molar-refractivity contribution in [1.82, 2.24) is 9.97 Å². The maximum absolute atomic E-state index is 11.9. The summed E-state index contributed by atoms with van der Waals surface area (Å²) in [6, 6.07) is 2.77. The standard InChI is InChI=1S/C6HF3N4.2Na.2H/c7-6(8,9)5-12-3(1-10)4(2-11)13-5;;;;/h(H,12,13);;;;. The summed E-state index contributed by atoms with van der Waals surface area (Å²) in [6.45, 7) is 0. The first-order valence-electron chi connectivity index (χ1n) is 2.96. The van der Waals surface area contributed by atoms with Gasteiger partial charge in [-0.05, 0) is 0 Å². The molecule has 0 radical (unpaired) electrons. The zero-order valence-electron chi connectivity index (χ0n) is 5.98. The molecule has 1 rings (SSSR count). The van der Waals surface area contributed by atoms with Crippen LogP contribution in [0.4, 0.5) is 13.2 Å². The van der Waals surface area contributed by atoms with E-state index in [4.69, 9.17) is 10.5 Å². The van der Waals surface area contributed by atoms with Crippen LogP contribution >= 0.6 is 0 Å². The Bertz CT molecular complexity index is 380. The molecule has 0 aliphatic heterocycles. The van der Waals surface area contributed by atoms with Gasteiger partial charge in [0.15, 0.2) is 11.4 Å². The molecule has 1 aromatic heterocycles. The van der Waals surface area contributed by atoms with E-state index < -0.39 is 23.4 Å². The van der Waals surface area contributed by atoms with Gasteiger partial charge in [0.25, 0.3) is 0 Å². The van der Waals surface area contributed by atoms with Crippen molar-refractivity contribution in [1.29, 1.82) is 10.5 Å². The van der Waals surface area contributed by atoms with E-state index in [2.05, 4.69) is 4.98 Å². The van der Waals surface area contributed by atoms with Gasteiger partial charge in [-0.2, -0.15) is 23.7 Å². The van der Waals surface area contributed by atoms with Crippen LogP contribution in [-0.2, 0) is 6.18 Å². The van der Waals surface area contributed by atoms with Crippen LogP contribution in [0.25, 0.3) is 0 Å². The monoisotopic (exact) mass is 234 g/mol. The molecule has 1 aromatic rings. The van der Waals surface area contributed by atoms with Gasteiger partial charge in [0.05, 0.1) is 0 Å². The number of H-pyrrole nitrogens is 1. The minimum atomic E-state index is -4.67. The number of hydrogen-bond donors (Lipinski definition) is 1. The van der Waals surface area contributed by atoms with E-state index in [1.54, 1.807) is 4.98 Å².